The number of carbonyl (C=O) groups excluding carboxylic acids is 1. The average molecular weight is 498 g/mol. The number of H-pyrrole nitrogens is 2. The fourth-order valence-corrected chi connectivity index (χ4v) is 4.77. The summed E-state index contributed by atoms with van der Waals surface area (Å²) < 4.78 is 13.7. The first-order valence-electron chi connectivity index (χ1n) is 11.3. The molecule has 0 aliphatic carbocycles. The van der Waals surface area contributed by atoms with E-state index in [-0.39, 0.29) is 17.0 Å². The SMILES string of the molecule is CC(C)C(=O)Nc1cncc(-c2ccc3[nH]nc(-c4cc5c(-c6ccc(F)s6)cncc5[nH]4)c3n2)c1. The molecule has 6 aromatic heterocycles. The molecule has 6 rings (SSSR count). The average Bonchev–Trinajstić information content (AvgIpc) is 3.61. The van der Waals surface area contributed by atoms with E-state index in [0.29, 0.717) is 22.6 Å². The van der Waals surface area contributed by atoms with Gasteiger partial charge in [-0.1, -0.05) is 13.8 Å². The lowest BCUT2D eigenvalue weighted by atomic mass is 10.1. The highest BCUT2D eigenvalue weighted by Crippen LogP contribution is 2.36. The van der Waals surface area contributed by atoms with Crippen LogP contribution in [0.4, 0.5) is 10.1 Å². The van der Waals surface area contributed by atoms with Gasteiger partial charge in [-0.15, -0.1) is 11.3 Å². The lowest BCUT2D eigenvalue weighted by Gasteiger charge is -2.08. The molecule has 6 heterocycles. The minimum absolute atomic E-state index is 0.0764. The first-order valence-corrected chi connectivity index (χ1v) is 12.1. The zero-order chi connectivity index (χ0) is 24.8. The van der Waals surface area contributed by atoms with E-state index in [0.717, 1.165) is 49.5 Å². The highest BCUT2D eigenvalue weighted by atomic mass is 32.1. The summed E-state index contributed by atoms with van der Waals surface area (Å²) >= 11 is 1.08. The van der Waals surface area contributed by atoms with Crippen LogP contribution in [0.3, 0.4) is 0 Å². The first-order chi connectivity index (χ1) is 17.5. The summed E-state index contributed by atoms with van der Waals surface area (Å²) in [5.74, 6) is -0.213. The van der Waals surface area contributed by atoms with Crippen LogP contribution in [0, 0.1) is 11.0 Å². The van der Waals surface area contributed by atoms with Gasteiger partial charge in [0, 0.05) is 39.7 Å². The summed E-state index contributed by atoms with van der Waals surface area (Å²) in [6.45, 7) is 3.68. The Morgan fingerprint density at radius 2 is 1.89 bits per heavy atom. The van der Waals surface area contributed by atoms with Gasteiger partial charge in [0.1, 0.15) is 11.2 Å². The zero-order valence-corrected chi connectivity index (χ0v) is 20.2. The summed E-state index contributed by atoms with van der Waals surface area (Å²) in [4.78, 5) is 29.7. The van der Waals surface area contributed by atoms with Gasteiger partial charge in [0.25, 0.3) is 0 Å². The fourth-order valence-electron chi connectivity index (χ4n) is 4.02. The fraction of sp³-hybridized carbons (Fsp3) is 0.115. The normalized spacial score (nSPS) is 11.6. The van der Waals surface area contributed by atoms with E-state index in [2.05, 4.69) is 30.5 Å². The van der Waals surface area contributed by atoms with Crippen molar-refractivity contribution in [2.24, 2.45) is 5.92 Å². The van der Waals surface area contributed by atoms with Gasteiger partial charge in [0.15, 0.2) is 5.13 Å². The number of thiophene rings is 1. The van der Waals surface area contributed by atoms with E-state index in [1.165, 1.54) is 6.07 Å². The Morgan fingerprint density at radius 1 is 1.03 bits per heavy atom. The lowest BCUT2D eigenvalue weighted by molar-refractivity contribution is -0.118. The van der Waals surface area contributed by atoms with Crippen molar-refractivity contribution in [3.8, 4) is 33.1 Å². The Labute approximate surface area is 208 Å². The van der Waals surface area contributed by atoms with Gasteiger partial charge in [-0.3, -0.25) is 19.9 Å². The minimum Gasteiger partial charge on any atom is -0.352 e. The maximum absolute atomic E-state index is 13.7. The van der Waals surface area contributed by atoms with Crippen molar-refractivity contribution < 1.29 is 9.18 Å². The number of nitrogens with one attached hydrogen (secondary N) is 3. The number of hydrogen-bond acceptors (Lipinski definition) is 6. The predicted molar refractivity (Wildman–Crippen MR) is 139 cm³/mol. The molecule has 0 radical (unpaired) electrons. The number of carbonyl (C=O) groups is 1. The van der Waals surface area contributed by atoms with Gasteiger partial charge in [-0.2, -0.15) is 9.49 Å². The third-order valence-corrected chi connectivity index (χ3v) is 6.78. The molecule has 36 heavy (non-hydrogen) atoms. The smallest absolute Gasteiger partial charge is 0.226 e. The second-order valence-corrected chi connectivity index (χ2v) is 9.74. The van der Waals surface area contributed by atoms with E-state index in [1.807, 2.05) is 38.1 Å². The van der Waals surface area contributed by atoms with Crippen molar-refractivity contribution >= 4 is 44.9 Å². The Hall–Kier alpha value is -4.44. The summed E-state index contributed by atoms with van der Waals surface area (Å²) in [5, 5.41) is 11.1. The highest BCUT2D eigenvalue weighted by Gasteiger charge is 2.17. The Bertz CT molecular complexity index is 1750. The molecule has 0 spiro atoms. The van der Waals surface area contributed by atoms with Crippen molar-refractivity contribution in [1.82, 2.24) is 30.1 Å². The second-order valence-electron chi connectivity index (χ2n) is 8.71. The lowest BCUT2D eigenvalue weighted by Crippen LogP contribution is -2.17. The molecule has 8 nitrogen and oxygen atoms in total. The van der Waals surface area contributed by atoms with E-state index in [1.54, 1.807) is 30.9 Å². The monoisotopic (exact) mass is 497 g/mol. The number of amides is 1. The number of nitrogens with zero attached hydrogens (tertiary/aromatic N) is 4. The van der Waals surface area contributed by atoms with Crippen LogP contribution in [-0.2, 0) is 4.79 Å². The molecule has 0 aliphatic rings. The zero-order valence-electron chi connectivity index (χ0n) is 19.3. The van der Waals surface area contributed by atoms with Gasteiger partial charge < -0.3 is 10.3 Å². The number of fused-ring (bicyclic) bond motifs is 2. The summed E-state index contributed by atoms with van der Waals surface area (Å²) in [6, 6.07) is 10.8. The van der Waals surface area contributed by atoms with Gasteiger partial charge >= 0.3 is 0 Å². The molecule has 0 aromatic carbocycles. The maximum atomic E-state index is 13.7. The molecule has 0 unspecified atom stereocenters. The molecule has 0 atom stereocenters. The largest absolute Gasteiger partial charge is 0.352 e. The number of halogens is 1. The van der Waals surface area contributed by atoms with E-state index in [4.69, 9.17) is 4.98 Å². The van der Waals surface area contributed by atoms with Crippen LogP contribution in [-0.4, -0.2) is 36.0 Å². The highest BCUT2D eigenvalue weighted by molar-refractivity contribution is 7.14. The molecule has 6 aromatic rings. The van der Waals surface area contributed by atoms with Crippen LogP contribution in [0.1, 0.15) is 13.8 Å². The molecule has 3 N–H and O–H groups in total. The number of rotatable bonds is 5. The molecule has 0 fully saturated rings. The van der Waals surface area contributed by atoms with E-state index in [9.17, 15) is 9.18 Å². The molecule has 0 bridgehead atoms. The number of aromatic nitrogens is 6. The van der Waals surface area contributed by atoms with Gasteiger partial charge in [0.05, 0.1) is 40.5 Å². The van der Waals surface area contributed by atoms with Crippen molar-refractivity contribution in [2.75, 3.05) is 5.32 Å². The maximum Gasteiger partial charge on any atom is 0.226 e. The van der Waals surface area contributed by atoms with Gasteiger partial charge in [0.2, 0.25) is 5.91 Å². The molecule has 0 aliphatic heterocycles. The van der Waals surface area contributed by atoms with Crippen LogP contribution >= 0.6 is 11.3 Å². The number of hydrogen-bond donors (Lipinski definition) is 3. The summed E-state index contributed by atoms with van der Waals surface area (Å²) in [7, 11) is 0. The third-order valence-electron chi connectivity index (χ3n) is 5.87. The standard InChI is InChI=1S/C26H20FN7OS/c1-13(2)26(35)30-15-7-14(9-28-10-15)18-3-4-19-24(32-18)25(34-33-19)20-8-16-17(11-29-12-21(16)31-20)22-5-6-23(27)36-22/h3-13,31H,1-2H3,(H,30,35)(H,33,34). The molecular formula is C26H20FN7OS. The second kappa shape index (κ2) is 8.65. The Balaban J connectivity index is 1.41. The summed E-state index contributed by atoms with van der Waals surface area (Å²) in [5.41, 5.74) is 6.65. The van der Waals surface area contributed by atoms with Gasteiger partial charge in [-0.25, -0.2) is 4.98 Å². The van der Waals surface area contributed by atoms with Gasteiger partial charge in [-0.05, 0) is 36.4 Å². The first kappa shape index (κ1) is 22.1. The quantitative estimate of drug-likeness (QED) is 0.269. The number of anilines is 1. The summed E-state index contributed by atoms with van der Waals surface area (Å²) in [6.07, 6.45) is 6.80. The van der Waals surface area contributed by atoms with Crippen LogP contribution < -0.4 is 5.32 Å². The van der Waals surface area contributed by atoms with E-state index < -0.39 is 0 Å². The van der Waals surface area contributed by atoms with Crippen LogP contribution in [0.5, 0.6) is 0 Å². The molecular weight excluding hydrogens is 477 g/mol. The van der Waals surface area contributed by atoms with Crippen LogP contribution in [0.15, 0.2) is 61.2 Å². The molecule has 0 saturated carbocycles. The number of aromatic amines is 2. The van der Waals surface area contributed by atoms with Crippen molar-refractivity contribution in [3.05, 3.63) is 66.3 Å². The Kier molecular flexibility index (Phi) is 5.30. The minimum atomic E-state index is -0.241. The van der Waals surface area contributed by atoms with Crippen LogP contribution in [0.25, 0.3) is 55.0 Å². The third kappa shape index (κ3) is 3.91. The van der Waals surface area contributed by atoms with Crippen molar-refractivity contribution in [3.63, 3.8) is 0 Å². The van der Waals surface area contributed by atoms with Crippen molar-refractivity contribution in [1.29, 1.82) is 0 Å². The van der Waals surface area contributed by atoms with E-state index >= 15 is 0 Å². The van der Waals surface area contributed by atoms with Crippen molar-refractivity contribution in [2.45, 2.75) is 13.8 Å². The topological polar surface area (TPSA) is 112 Å². The number of pyridine rings is 3. The predicted octanol–water partition coefficient (Wildman–Crippen LogP) is 6.03. The molecule has 1 amide bonds. The molecule has 0 saturated heterocycles. The molecule has 178 valence electrons. The Morgan fingerprint density at radius 3 is 2.69 bits per heavy atom. The molecule has 10 heteroatoms. The van der Waals surface area contributed by atoms with Crippen LogP contribution in [0.2, 0.25) is 0 Å².